The molecule has 0 amide bonds. The SMILES string of the molecule is COc1cccc2c1O[C@H](c1ccc(C)cc1)N1N=C(c3ccc(Cl)cc3)C[C@@H]21. The number of nitrogens with zero attached hydrogens (tertiary/aromatic N) is 2. The Bertz CT molecular complexity index is 1080. The third kappa shape index (κ3) is 3.14. The molecule has 0 N–H and O–H groups in total. The van der Waals surface area contributed by atoms with Crippen LogP contribution in [0.4, 0.5) is 0 Å². The zero-order valence-corrected chi connectivity index (χ0v) is 17.1. The van der Waals surface area contributed by atoms with Gasteiger partial charge in [-0.1, -0.05) is 65.7 Å². The van der Waals surface area contributed by atoms with Gasteiger partial charge in [0.25, 0.3) is 0 Å². The lowest BCUT2D eigenvalue weighted by molar-refractivity contribution is -0.0209. The van der Waals surface area contributed by atoms with Gasteiger partial charge in [-0.3, -0.25) is 0 Å². The first kappa shape index (κ1) is 18.1. The van der Waals surface area contributed by atoms with Crippen LogP contribution in [0.1, 0.15) is 40.9 Å². The maximum atomic E-state index is 6.47. The van der Waals surface area contributed by atoms with Crippen molar-refractivity contribution in [1.29, 1.82) is 0 Å². The molecule has 0 fully saturated rings. The van der Waals surface area contributed by atoms with E-state index in [2.05, 4.69) is 42.3 Å². The van der Waals surface area contributed by atoms with Crippen LogP contribution in [0.3, 0.4) is 0 Å². The molecule has 4 nitrogen and oxygen atoms in total. The molecule has 0 aromatic heterocycles. The first-order chi connectivity index (χ1) is 14.1. The van der Waals surface area contributed by atoms with E-state index >= 15 is 0 Å². The predicted molar refractivity (Wildman–Crippen MR) is 115 cm³/mol. The summed E-state index contributed by atoms with van der Waals surface area (Å²) in [5.41, 5.74) is 5.49. The fourth-order valence-electron chi connectivity index (χ4n) is 4.01. The number of rotatable bonds is 3. The Kier molecular flexibility index (Phi) is 4.44. The Morgan fingerprint density at radius 1 is 1.03 bits per heavy atom. The highest BCUT2D eigenvalue weighted by atomic mass is 35.5. The van der Waals surface area contributed by atoms with Gasteiger partial charge in [0.15, 0.2) is 11.5 Å². The molecule has 0 bridgehead atoms. The van der Waals surface area contributed by atoms with Crippen molar-refractivity contribution in [3.8, 4) is 11.5 Å². The lowest BCUT2D eigenvalue weighted by Gasteiger charge is -2.38. The molecule has 0 aliphatic carbocycles. The molecule has 2 atom stereocenters. The van der Waals surface area contributed by atoms with Gasteiger partial charge in [-0.25, -0.2) is 5.01 Å². The van der Waals surface area contributed by atoms with Gasteiger partial charge in [0.2, 0.25) is 6.23 Å². The number of benzene rings is 3. The van der Waals surface area contributed by atoms with Crippen LogP contribution >= 0.6 is 11.6 Å². The summed E-state index contributed by atoms with van der Waals surface area (Å²) < 4.78 is 12.1. The highest BCUT2D eigenvalue weighted by Crippen LogP contribution is 2.50. The van der Waals surface area contributed by atoms with Gasteiger partial charge in [0, 0.05) is 22.6 Å². The molecule has 3 aromatic carbocycles. The molecule has 29 heavy (non-hydrogen) atoms. The van der Waals surface area contributed by atoms with Crippen LogP contribution in [0.5, 0.6) is 11.5 Å². The Morgan fingerprint density at radius 2 is 1.79 bits per heavy atom. The maximum absolute atomic E-state index is 6.47. The van der Waals surface area contributed by atoms with Crippen LogP contribution < -0.4 is 9.47 Å². The normalized spacial score (nSPS) is 19.8. The second-order valence-corrected chi connectivity index (χ2v) is 7.85. The topological polar surface area (TPSA) is 34.1 Å². The minimum atomic E-state index is -0.311. The van der Waals surface area contributed by atoms with E-state index in [0.717, 1.165) is 45.3 Å². The Morgan fingerprint density at radius 3 is 2.52 bits per heavy atom. The first-order valence-corrected chi connectivity index (χ1v) is 10.0. The summed E-state index contributed by atoms with van der Waals surface area (Å²) in [6.45, 7) is 2.08. The number of fused-ring (bicyclic) bond motifs is 3. The van der Waals surface area contributed by atoms with Gasteiger partial charge in [-0.05, 0) is 30.7 Å². The van der Waals surface area contributed by atoms with Crippen LogP contribution in [-0.4, -0.2) is 17.8 Å². The molecule has 0 saturated carbocycles. The number of hydrogen-bond acceptors (Lipinski definition) is 4. The monoisotopic (exact) mass is 404 g/mol. The van der Waals surface area contributed by atoms with Crippen LogP contribution in [0.15, 0.2) is 71.8 Å². The number of ether oxygens (including phenoxy) is 2. The second kappa shape index (κ2) is 7.12. The van der Waals surface area contributed by atoms with Crippen molar-refractivity contribution in [2.45, 2.75) is 25.6 Å². The lowest BCUT2D eigenvalue weighted by atomic mass is 9.95. The van der Waals surface area contributed by atoms with Crippen molar-refractivity contribution in [2.24, 2.45) is 5.10 Å². The predicted octanol–water partition coefficient (Wildman–Crippen LogP) is 5.90. The second-order valence-electron chi connectivity index (χ2n) is 7.41. The number of hydrogen-bond donors (Lipinski definition) is 0. The maximum Gasteiger partial charge on any atom is 0.214 e. The summed E-state index contributed by atoms with van der Waals surface area (Å²) in [6.07, 6.45) is 0.488. The Labute approximate surface area is 175 Å². The van der Waals surface area contributed by atoms with Gasteiger partial charge in [0.05, 0.1) is 18.9 Å². The van der Waals surface area contributed by atoms with Gasteiger partial charge in [-0.15, -0.1) is 0 Å². The largest absolute Gasteiger partial charge is 0.493 e. The molecule has 2 heterocycles. The van der Waals surface area contributed by atoms with E-state index in [1.807, 2.05) is 36.4 Å². The molecule has 5 heteroatoms. The number of hydrazone groups is 1. The highest BCUT2D eigenvalue weighted by Gasteiger charge is 2.42. The van der Waals surface area contributed by atoms with Crippen LogP contribution in [0.25, 0.3) is 0 Å². The number of aryl methyl sites for hydroxylation is 1. The minimum absolute atomic E-state index is 0.0887. The summed E-state index contributed by atoms with van der Waals surface area (Å²) in [7, 11) is 1.68. The van der Waals surface area contributed by atoms with Gasteiger partial charge in [-0.2, -0.15) is 5.10 Å². The summed E-state index contributed by atoms with van der Waals surface area (Å²) in [4.78, 5) is 0. The zero-order valence-electron chi connectivity index (χ0n) is 16.3. The summed E-state index contributed by atoms with van der Waals surface area (Å²) in [6, 6.07) is 22.4. The van der Waals surface area contributed by atoms with Crippen LogP contribution in [0.2, 0.25) is 5.02 Å². The van der Waals surface area contributed by atoms with Gasteiger partial charge in [0.1, 0.15) is 0 Å². The molecular weight excluding hydrogens is 384 g/mol. The third-order valence-electron chi connectivity index (χ3n) is 5.54. The number of para-hydroxylation sites is 1. The van der Waals surface area contributed by atoms with E-state index in [1.54, 1.807) is 7.11 Å². The van der Waals surface area contributed by atoms with E-state index in [4.69, 9.17) is 26.2 Å². The van der Waals surface area contributed by atoms with Crippen molar-refractivity contribution >= 4 is 17.3 Å². The molecule has 0 spiro atoms. The third-order valence-corrected chi connectivity index (χ3v) is 5.79. The van der Waals surface area contributed by atoms with Crippen molar-refractivity contribution < 1.29 is 9.47 Å². The average molecular weight is 405 g/mol. The lowest BCUT2D eigenvalue weighted by Crippen LogP contribution is -2.33. The van der Waals surface area contributed by atoms with Crippen LogP contribution in [-0.2, 0) is 0 Å². The average Bonchev–Trinajstić information content (AvgIpc) is 3.19. The molecule has 0 saturated heterocycles. The smallest absolute Gasteiger partial charge is 0.214 e. The number of methoxy groups -OCH3 is 1. The molecule has 0 unspecified atom stereocenters. The summed E-state index contributed by atoms with van der Waals surface area (Å²) in [5, 5.41) is 7.79. The minimum Gasteiger partial charge on any atom is -0.493 e. The molecular formula is C24H21ClN2O2. The van der Waals surface area contributed by atoms with E-state index in [-0.39, 0.29) is 12.3 Å². The quantitative estimate of drug-likeness (QED) is 0.545. The molecule has 146 valence electrons. The van der Waals surface area contributed by atoms with Crippen molar-refractivity contribution in [3.63, 3.8) is 0 Å². The fourth-order valence-corrected chi connectivity index (χ4v) is 4.14. The summed E-state index contributed by atoms with van der Waals surface area (Å²) in [5.74, 6) is 1.55. The molecule has 3 aromatic rings. The Hall–Kier alpha value is -2.98. The molecule has 2 aliphatic heterocycles. The molecule has 2 aliphatic rings. The first-order valence-electron chi connectivity index (χ1n) is 9.66. The molecule has 5 rings (SSSR count). The van der Waals surface area contributed by atoms with E-state index in [1.165, 1.54) is 5.56 Å². The van der Waals surface area contributed by atoms with Crippen LogP contribution in [0, 0.1) is 6.92 Å². The fraction of sp³-hybridized carbons (Fsp3) is 0.208. The van der Waals surface area contributed by atoms with Crippen molar-refractivity contribution in [2.75, 3.05) is 7.11 Å². The molecule has 0 radical (unpaired) electrons. The van der Waals surface area contributed by atoms with Crippen molar-refractivity contribution in [3.05, 3.63) is 94.0 Å². The highest BCUT2D eigenvalue weighted by molar-refractivity contribution is 6.30. The van der Waals surface area contributed by atoms with E-state index in [0.29, 0.717) is 0 Å². The zero-order chi connectivity index (χ0) is 20.0. The van der Waals surface area contributed by atoms with Gasteiger partial charge < -0.3 is 9.47 Å². The van der Waals surface area contributed by atoms with Crippen molar-refractivity contribution in [1.82, 2.24) is 5.01 Å². The van der Waals surface area contributed by atoms with E-state index < -0.39 is 0 Å². The summed E-state index contributed by atoms with van der Waals surface area (Å²) >= 11 is 6.07. The number of halogens is 1. The Balaban J connectivity index is 1.61. The standard InChI is InChI=1S/C24H21ClN2O2/c1-15-6-8-17(9-7-15)24-27-21(19-4-3-5-22(28-2)23(19)29-24)14-20(26-27)16-10-12-18(25)13-11-16/h3-13,21,24H,14H2,1-2H3/t21-,24+/m0/s1. The van der Waals surface area contributed by atoms with Gasteiger partial charge >= 0.3 is 0 Å². The van der Waals surface area contributed by atoms with E-state index in [9.17, 15) is 0 Å².